The number of likely N-dealkylation sites (tertiary alicyclic amines) is 1. The van der Waals surface area contributed by atoms with Crippen LogP contribution in [-0.2, 0) is 9.53 Å². The van der Waals surface area contributed by atoms with Crippen molar-refractivity contribution in [3.05, 3.63) is 0 Å². The van der Waals surface area contributed by atoms with E-state index >= 15 is 0 Å². The predicted molar refractivity (Wildman–Crippen MR) is 85.2 cm³/mol. The third kappa shape index (κ3) is 6.15. The van der Waals surface area contributed by atoms with Crippen molar-refractivity contribution < 1.29 is 27.8 Å². The van der Waals surface area contributed by atoms with Gasteiger partial charge in [0, 0.05) is 20.1 Å². The fourth-order valence-electron chi connectivity index (χ4n) is 2.13. The van der Waals surface area contributed by atoms with Crippen LogP contribution in [0.2, 0.25) is 0 Å². The van der Waals surface area contributed by atoms with Gasteiger partial charge in [0.05, 0.1) is 19.6 Å². The average molecular weight is 439 g/mol. The molecule has 1 saturated heterocycles. The van der Waals surface area contributed by atoms with Crippen molar-refractivity contribution in [2.45, 2.75) is 25.1 Å². The van der Waals surface area contributed by atoms with E-state index in [1.807, 2.05) is 0 Å². The molecule has 0 radical (unpaired) electrons. The maximum atomic E-state index is 12.2. The molecule has 1 atom stereocenters. The van der Waals surface area contributed by atoms with Gasteiger partial charge in [-0.15, -0.1) is 24.0 Å². The predicted octanol–water partition coefficient (Wildman–Crippen LogP) is 0.988. The minimum absolute atomic E-state index is 0. The Morgan fingerprint density at radius 1 is 1.45 bits per heavy atom. The molecule has 0 spiro atoms. The molecule has 0 aromatic heterocycles. The van der Waals surface area contributed by atoms with Gasteiger partial charge in [-0.05, 0) is 12.8 Å². The minimum atomic E-state index is -4.66. The zero-order valence-corrected chi connectivity index (χ0v) is 14.7. The first kappa shape index (κ1) is 21.2. The second-order valence-corrected chi connectivity index (χ2v) is 4.77. The van der Waals surface area contributed by atoms with Crippen LogP contribution in [0.25, 0.3) is 0 Å². The smallest absolute Gasteiger partial charge is 0.416 e. The van der Waals surface area contributed by atoms with Gasteiger partial charge in [0.2, 0.25) is 0 Å². The van der Waals surface area contributed by atoms with Gasteiger partial charge in [0.25, 0.3) is 0 Å². The second kappa shape index (κ2) is 9.38. The Morgan fingerprint density at radius 3 is 2.41 bits per heavy atom. The standard InChI is InChI=1S/C12H20F3N3O3.HI/c1-16-11(17-7-9(19)12(13,14)15)18-5-3-8(4-6-18)10(20)21-2;/h8-9,19H,3-7H2,1-2H3,(H,16,17);1H. The molecular weight excluding hydrogens is 418 g/mol. The molecule has 0 aromatic carbocycles. The summed E-state index contributed by atoms with van der Waals surface area (Å²) in [6.07, 6.45) is -6.00. The van der Waals surface area contributed by atoms with Crippen LogP contribution >= 0.6 is 24.0 Å². The third-order valence-corrected chi connectivity index (χ3v) is 3.37. The van der Waals surface area contributed by atoms with Crippen LogP contribution in [0.15, 0.2) is 4.99 Å². The Bertz CT molecular complexity index is 386. The number of guanidine groups is 1. The molecule has 1 unspecified atom stereocenters. The Labute approximate surface area is 144 Å². The summed E-state index contributed by atoms with van der Waals surface area (Å²) in [5, 5.41) is 11.4. The average Bonchev–Trinajstić information content (AvgIpc) is 2.46. The lowest BCUT2D eigenvalue weighted by Gasteiger charge is -2.33. The van der Waals surface area contributed by atoms with Crippen LogP contribution in [0.1, 0.15) is 12.8 Å². The van der Waals surface area contributed by atoms with Crippen molar-refractivity contribution in [1.29, 1.82) is 0 Å². The van der Waals surface area contributed by atoms with E-state index in [0.29, 0.717) is 25.9 Å². The number of nitrogens with zero attached hydrogens (tertiary/aromatic N) is 2. The van der Waals surface area contributed by atoms with Gasteiger partial charge in [-0.25, -0.2) is 0 Å². The fraction of sp³-hybridized carbons (Fsp3) is 0.833. The lowest BCUT2D eigenvalue weighted by Crippen LogP contribution is -2.50. The van der Waals surface area contributed by atoms with Crippen LogP contribution in [0.4, 0.5) is 13.2 Å². The van der Waals surface area contributed by atoms with E-state index in [4.69, 9.17) is 5.11 Å². The van der Waals surface area contributed by atoms with E-state index in [2.05, 4.69) is 15.0 Å². The molecule has 10 heteroatoms. The molecule has 0 amide bonds. The van der Waals surface area contributed by atoms with Crippen LogP contribution in [0.5, 0.6) is 0 Å². The first-order chi connectivity index (χ1) is 9.79. The highest BCUT2D eigenvalue weighted by Gasteiger charge is 2.38. The zero-order valence-electron chi connectivity index (χ0n) is 12.4. The number of carbonyl (C=O) groups excluding carboxylic acids is 1. The van der Waals surface area contributed by atoms with Gasteiger partial charge < -0.3 is 20.1 Å². The number of carbonyl (C=O) groups is 1. The SMILES string of the molecule is CN=C(NCC(O)C(F)(F)F)N1CCC(C(=O)OC)CC1.I. The summed E-state index contributed by atoms with van der Waals surface area (Å²) in [4.78, 5) is 17.0. The van der Waals surface area contributed by atoms with Gasteiger partial charge in [-0.1, -0.05) is 0 Å². The summed E-state index contributed by atoms with van der Waals surface area (Å²) in [6, 6.07) is 0. The maximum Gasteiger partial charge on any atom is 0.416 e. The van der Waals surface area contributed by atoms with Gasteiger partial charge in [-0.2, -0.15) is 13.2 Å². The van der Waals surface area contributed by atoms with E-state index in [1.165, 1.54) is 14.2 Å². The number of halogens is 4. The molecule has 2 N–H and O–H groups in total. The van der Waals surface area contributed by atoms with Crippen LogP contribution in [0.3, 0.4) is 0 Å². The number of esters is 1. The number of piperidine rings is 1. The van der Waals surface area contributed by atoms with E-state index in [9.17, 15) is 18.0 Å². The molecule has 22 heavy (non-hydrogen) atoms. The number of alkyl halides is 3. The summed E-state index contributed by atoms with van der Waals surface area (Å²) in [6.45, 7) is 0.316. The Hall–Kier alpha value is -0.780. The summed E-state index contributed by atoms with van der Waals surface area (Å²) in [5.41, 5.74) is 0. The minimum Gasteiger partial charge on any atom is -0.469 e. The zero-order chi connectivity index (χ0) is 16.0. The maximum absolute atomic E-state index is 12.2. The van der Waals surface area contributed by atoms with Crippen LogP contribution in [-0.4, -0.2) is 68.0 Å². The van der Waals surface area contributed by atoms with E-state index in [1.54, 1.807) is 4.90 Å². The molecule has 1 rings (SSSR count). The third-order valence-electron chi connectivity index (χ3n) is 3.37. The molecule has 130 valence electrons. The molecular formula is C12H21F3IN3O3. The molecule has 1 aliphatic heterocycles. The summed E-state index contributed by atoms with van der Waals surface area (Å²) >= 11 is 0. The number of aliphatic hydroxyl groups is 1. The molecule has 0 bridgehead atoms. The molecule has 0 aromatic rings. The van der Waals surface area contributed by atoms with Crippen molar-refractivity contribution in [3.8, 4) is 0 Å². The Balaban J connectivity index is 0.00000441. The lowest BCUT2D eigenvalue weighted by molar-refractivity contribution is -0.201. The molecule has 0 saturated carbocycles. The Morgan fingerprint density at radius 2 is 2.00 bits per heavy atom. The van der Waals surface area contributed by atoms with Crippen molar-refractivity contribution in [2.75, 3.05) is 33.8 Å². The largest absolute Gasteiger partial charge is 0.469 e. The number of ether oxygens (including phenoxy) is 1. The molecule has 1 aliphatic rings. The fourth-order valence-corrected chi connectivity index (χ4v) is 2.13. The number of methoxy groups -OCH3 is 1. The Kier molecular flexibility index (Phi) is 9.05. The van der Waals surface area contributed by atoms with Crippen molar-refractivity contribution in [1.82, 2.24) is 10.2 Å². The number of aliphatic hydroxyl groups excluding tert-OH is 1. The first-order valence-corrected chi connectivity index (χ1v) is 6.57. The highest BCUT2D eigenvalue weighted by molar-refractivity contribution is 14.0. The highest BCUT2D eigenvalue weighted by Crippen LogP contribution is 2.20. The molecule has 0 aliphatic carbocycles. The van der Waals surface area contributed by atoms with Crippen molar-refractivity contribution in [3.63, 3.8) is 0 Å². The monoisotopic (exact) mass is 439 g/mol. The van der Waals surface area contributed by atoms with Gasteiger partial charge in [-0.3, -0.25) is 9.79 Å². The van der Waals surface area contributed by atoms with Crippen molar-refractivity contribution in [2.24, 2.45) is 10.9 Å². The first-order valence-electron chi connectivity index (χ1n) is 6.57. The molecule has 6 nitrogen and oxygen atoms in total. The normalized spacial score (nSPS) is 18.5. The second-order valence-electron chi connectivity index (χ2n) is 4.77. The summed E-state index contributed by atoms with van der Waals surface area (Å²) < 4.78 is 41.4. The quantitative estimate of drug-likeness (QED) is 0.297. The summed E-state index contributed by atoms with van der Waals surface area (Å²) in [5.74, 6) is -0.183. The van der Waals surface area contributed by atoms with E-state index in [-0.39, 0.29) is 41.8 Å². The van der Waals surface area contributed by atoms with E-state index < -0.39 is 18.8 Å². The number of aliphatic imine (C=N–C) groups is 1. The van der Waals surface area contributed by atoms with Crippen LogP contribution < -0.4 is 5.32 Å². The van der Waals surface area contributed by atoms with Crippen LogP contribution in [0, 0.1) is 5.92 Å². The lowest BCUT2D eigenvalue weighted by atomic mass is 9.97. The number of hydrogen-bond acceptors (Lipinski definition) is 4. The number of hydrogen-bond donors (Lipinski definition) is 2. The topological polar surface area (TPSA) is 74.2 Å². The van der Waals surface area contributed by atoms with Gasteiger partial charge >= 0.3 is 12.1 Å². The van der Waals surface area contributed by atoms with E-state index in [0.717, 1.165) is 0 Å². The number of rotatable bonds is 3. The van der Waals surface area contributed by atoms with Gasteiger partial charge in [0.1, 0.15) is 0 Å². The highest BCUT2D eigenvalue weighted by atomic mass is 127. The van der Waals surface area contributed by atoms with Gasteiger partial charge in [0.15, 0.2) is 12.1 Å². The summed E-state index contributed by atoms with van der Waals surface area (Å²) in [7, 11) is 2.78. The molecule has 1 heterocycles. The number of nitrogens with one attached hydrogen (secondary N) is 1. The van der Waals surface area contributed by atoms with Crippen molar-refractivity contribution >= 4 is 35.9 Å². The molecule has 1 fully saturated rings.